The number of benzene rings is 3. The van der Waals surface area contributed by atoms with Gasteiger partial charge in [0.2, 0.25) is 0 Å². The van der Waals surface area contributed by atoms with E-state index in [9.17, 15) is 9.59 Å². The molecule has 0 spiro atoms. The lowest BCUT2D eigenvalue weighted by Gasteiger charge is -2.29. The zero-order valence-electron chi connectivity index (χ0n) is 21.5. The van der Waals surface area contributed by atoms with Crippen molar-refractivity contribution in [3.63, 3.8) is 0 Å². The van der Waals surface area contributed by atoms with Crippen LogP contribution in [0.3, 0.4) is 0 Å². The quantitative estimate of drug-likeness (QED) is 0.367. The summed E-state index contributed by atoms with van der Waals surface area (Å²) in [4.78, 5) is 32.7. The number of nitrogens with one attached hydrogen (secondary N) is 2. The second-order valence-electron chi connectivity index (χ2n) is 9.14. The Kier molecular flexibility index (Phi) is 7.51. The van der Waals surface area contributed by atoms with Crippen LogP contribution in [0, 0.1) is 0 Å². The van der Waals surface area contributed by atoms with Crippen molar-refractivity contribution in [3.8, 4) is 11.5 Å². The molecule has 194 valence electrons. The Labute approximate surface area is 221 Å². The molecule has 2 heterocycles. The van der Waals surface area contributed by atoms with E-state index in [-0.39, 0.29) is 11.8 Å². The monoisotopic (exact) mass is 510 g/mol. The predicted octanol–water partition coefficient (Wildman–Crippen LogP) is 4.29. The van der Waals surface area contributed by atoms with Gasteiger partial charge < -0.3 is 20.1 Å². The highest BCUT2D eigenvalue weighted by Crippen LogP contribution is 2.33. The molecule has 1 aromatic heterocycles. The average molecular weight is 511 g/mol. The summed E-state index contributed by atoms with van der Waals surface area (Å²) in [6.07, 6.45) is 2.52. The van der Waals surface area contributed by atoms with Gasteiger partial charge in [0.1, 0.15) is 5.69 Å². The number of amides is 2. The molecule has 0 saturated heterocycles. The van der Waals surface area contributed by atoms with Gasteiger partial charge in [-0.1, -0.05) is 36.4 Å². The van der Waals surface area contributed by atoms with E-state index in [1.54, 1.807) is 44.7 Å². The first-order valence-corrected chi connectivity index (χ1v) is 12.6. The standard InChI is InChI=1S/C30H30N4O4/c1-37-26-17-21-12-15-34(19-22(21)18-27(26)38-2)16-14-32-29(35)24-9-5-6-10-25(24)33-30(36)28-23-8-4-3-7-20(23)11-13-31-28/h3-11,13,17-18H,12,14-16,19H2,1-2H3,(H,32,35)(H,33,36). The maximum Gasteiger partial charge on any atom is 0.274 e. The van der Waals surface area contributed by atoms with Crippen LogP contribution in [0.4, 0.5) is 5.69 Å². The Bertz CT molecular complexity index is 1480. The van der Waals surface area contributed by atoms with Crippen LogP contribution in [-0.2, 0) is 13.0 Å². The van der Waals surface area contributed by atoms with Crippen molar-refractivity contribution in [2.45, 2.75) is 13.0 Å². The summed E-state index contributed by atoms with van der Waals surface area (Å²) in [7, 11) is 3.28. The lowest BCUT2D eigenvalue weighted by Crippen LogP contribution is -2.38. The molecule has 0 radical (unpaired) electrons. The summed E-state index contributed by atoms with van der Waals surface area (Å²) in [5.74, 6) is 0.865. The first-order valence-electron chi connectivity index (χ1n) is 12.6. The molecule has 0 atom stereocenters. The van der Waals surface area contributed by atoms with Crippen LogP contribution < -0.4 is 20.1 Å². The number of aromatic nitrogens is 1. The Morgan fingerprint density at radius 3 is 2.47 bits per heavy atom. The van der Waals surface area contributed by atoms with E-state index >= 15 is 0 Å². The molecule has 0 unspecified atom stereocenters. The lowest BCUT2D eigenvalue weighted by atomic mass is 9.99. The van der Waals surface area contributed by atoms with E-state index in [1.165, 1.54) is 11.1 Å². The van der Waals surface area contributed by atoms with Gasteiger partial charge in [0.15, 0.2) is 11.5 Å². The van der Waals surface area contributed by atoms with Crippen LogP contribution >= 0.6 is 0 Å². The summed E-state index contributed by atoms with van der Waals surface area (Å²) >= 11 is 0. The largest absolute Gasteiger partial charge is 0.493 e. The first kappa shape index (κ1) is 25.2. The second-order valence-corrected chi connectivity index (χ2v) is 9.14. The molecule has 4 aromatic rings. The number of nitrogens with zero attached hydrogens (tertiary/aromatic N) is 2. The third-order valence-electron chi connectivity index (χ3n) is 6.82. The molecule has 2 N–H and O–H groups in total. The summed E-state index contributed by atoms with van der Waals surface area (Å²) in [6.45, 7) is 2.85. The molecule has 38 heavy (non-hydrogen) atoms. The molecule has 0 bridgehead atoms. The van der Waals surface area contributed by atoms with Crippen molar-refractivity contribution in [3.05, 3.63) is 95.3 Å². The SMILES string of the molecule is COc1cc2c(cc1OC)CN(CCNC(=O)c1ccccc1NC(=O)c1nccc3ccccc13)CC2. The number of rotatable bonds is 8. The number of carbonyl (C=O) groups is 2. The molecule has 0 saturated carbocycles. The number of para-hydroxylation sites is 1. The van der Waals surface area contributed by atoms with Crippen molar-refractivity contribution in [1.82, 2.24) is 15.2 Å². The number of ether oxygens (including phenoxy) is 2. The number of pyridine rings is 1. The van der Waals surface area contributed by atoms with E-state index in [0.29, 0.717) is 30.0 Å². The Morgan fingerprint density at radius 1 is 0.921 bits per heavy atom. The number of fused-ring (bicyclic) bond motifs is 2. The van der Waals surface area contributed by atoms with Gasteiger partial charge in [-0.2, -0.15) is 0 Å². The van der Waals surface area contributed by atoms with Gasteiger partial charge in [-0.25, -0.2) is 0 Å². The van der Waals surface area contributed by atoms with E-state index < -0.39 is 0 Å². The molecule has 5 rings (SSSR count). The second kappa shape index (κ2) is 11.3. The summed E-state index contributed by atoms with van der Waals surface area (Å²) in [6, 6.07) is 20.5. The van der Waals surface area contributed by atoms with Crippen molar-refractivity contribution >= 4 is 28.3 Å². The van der Waals surface area contributed by atoms with Gasteiger partial charge in [-0.3, -0.25) is 19.5 Å². The fraction of sp³-hybridized carbons (Fsp3) is 0.233. The van der Waals surface area contributed by atoms with Crippen LogP contribution in [0.15, 0.2) is 72.9 Å². The molecule has 8 nitrogen and oxygen atoms in total. The van der Waals surface area contributed by atoms with Gasteiger partial charge in [0.25, 0.3) is 11.8 Å². The minimum Gasteiger partial charge on any atom is -0.493 e. The van der Waals surface area contributed by atoms with Crippen molar-refractivity contribution in [2.24, 2.45) is 0 Å². The molecule has 8 heteroatoms. The van der Waals surface area contributed by atoms with Crippen LogP contribution in [0.1, 0.15) is 32.0 Å². The van der Waals surface area contributed by atoms with Crippen LogP contribution in [-0.4, -0.2) is 55.6 Å². The molecule has 1 aliphatic heterocycles. The summed E-state index contributed by atoms with van der Waals surface area (Å²) in [5.41, 5.74) is 3.63. The number of methoxy groups -OCH3 is 2. The highest BCUT2D eigenvalue weighted by molar-refractivity contribution is 6.13. The minimum absolute atomic E-state index is 0.240. The molecular formula is C30H30N4O4. The minimum atomic E-state index is -0.360. The number of anilines is 1. The summed E-state index contributed by atoms with van der Waals surface area (Å²) < 4.78 is 10.9. The van der Waals surface area contributed by atoms with E-state index in [0.717, 1.165) is 41.8 Å². The first-order chi connectivity index (χ1) is 18.6. The van der Waals surface area contributed by atoms with Gasteiger partial charge in [-0.15, -0.1) is 0 Å². The fourth-order valence-corrected chi connectivity index (χ4v) is 4.83. The van der Waals surface area contributed by atoms with Gasteiger partial charge in [0.05, 0.1) is 25.5 Å². The highest BCUT2D eigenvalue weighted by atomic mass is 16.5. The average Bonchev–Trinajstić information content (AvgIpc) is 2.96. The molecular weight excluding hydrogens is 480 g/mol. The van der Waals surface area contributed by atoms with Gasteiger partial charge in [-0.05, 0) is 53.3 Å². The van der Waals surface area contributed by atoms with Crippen molar-refractivity contribution in [2.75, 3.05) is 39.2 Å². The van der Waals surface area contributed by atoms with Crippen molar-refractivity contribution < 1.29 is 19.1 Å². The van der Waals surface area contributed by atoms with E-state index in [4.69, 9.17) is 9.47 Å². The third-order valence-corrected chi connectivity index (χ3v) is 6.82. The number of carbonyl (C=O) groups excluding carboxylic acids is 2. The maximum atomic E-state index is 13.1. The molecule has 0 fully saturated rings. The van der Waals surface area contributed by atoms with E-state index in [1.807, 2.05) is 42.5 Å². The highest BCUT2D eigenvalue weighted by Gasteiger charge is 2.20. The predicted molar refractivity (Wildman–Crippen MR) is 147 cm³/mol. The van der Waals surface area contributed by atoms with Crippen LogP contribution in [0.25, 0.3) is 10.8 Å². The lowest BCUT2D eigenvalue weighted by molar-refractivity contribution is 0.0948. The van der Waals surface area contributed by atoms with E-state index in [2.05, 4.69) is 20.5 Å². The van der Waals surface area contributed by atoms with Crippen LogP contribution in [0.5, 0.6) is 11.5 Å². The fourth-order valence-electron chi connectivity index (χ4n) is 4.83. The number of hydrogen-bond acceptors (Lipinski definition) is 6. The molecule has 2 amide bonds. The van der Waals surface area contributed by atoms with Crippen LogP contribution in [0.2, 0.25) is 0 Å². The molecule has 3 aromatic carbocycles. The zero-order valence-corrected chi connectivity index (χ0v) is 21.5. The third kappa shape index (κ3) is 5.31. The Balaban J connectivity index is 1.21. The normalized spacial score (nSPS) is 13.0. The van der Waals surface area contributed by atoms with Crippen molar-refractivity contribution in [1.29, 1.82) is 0 Å². The number of hydrogen-bond donors (Lipinski definition) is 2. The van der Waals surface area contributed by atoms with Gasteiger partial charge >= 0.3 is 0 Å². The molecule has 0 aliphatic carbocycles. The van der Waals surface area contributed by atoms with Gasteiger partial charge in [0, 0.05) is 37.8 Å². The zero-order chi connectivity index (χ0) is 26.5. The maximum absolute atomic E-state index is 13.1. The Hall–Kier alpha value is -4.43. The smallest absolute Gasteiger partial charge is 0.274 e. The topological polar surface area (TPSA) is 92.8 Å². The summed E-state index contributed by atoms with van der Waals surface area (Å²) in [5, 5.41) is 7.56. The Morgan fingerprint density at radius 2 is 1.66 bits per heavy atom. The molecule has 1 aliphatic rings.